The quantitative estimate of drug-likeness (QED) is 0.439. The zero-order valence-corrected chi connectivity index (χ0v) is 15.4. The van der Waals surface area contributed by atoms with Crippen molar-refractivity contribution in [3.8, 4) is 6.07 Å². The molecule has 0 saturated heterocycles. The monoisotopic (exact) mass is 347 g/mol. The van der Waals surface area contributed by atoms with Crippen LogP contribution >= 0.6 is 0 Å². The summed E-state index contributed by atoms with van der Waals surface area (Å²) in [6.45, 7) is 8.30. The van der Waals surface area contributed by atoms with E-state index >= 15 is 0 Å². The second-order valence-corrected chi connectivity index (χ2v) is 5.94. The van der Waals surface area contributed by atoms with Crippen molar-refractivity contribution in [1.29, 1.82) is 5.26 Å². The van der Waals surface area contributed by atoms with Crippen LogP contribution in [0.5, 0.6) is 0 Å². The molecule has 0 aliphatic carbocycles. The number of carbonyl (C=O) groups is 2. The van der Waals surface area contributed by atoms with Gasteiger partial charge in [0.1, 0.15) is 11.6 Å². The standard InChI is InChI=1S/C18H25N3O4/c1-12(2)20-17(22)11-25-18(23)16(10-19)9-15-8-13(3)21(14(15)4)6-7-24-5/h8-9,12H,6-7,11H2,1-5H3,(H,20,22)/b16-9+. The van der Waals surface area contributed by atoms with Gasteiger partial charge < -0.3 is 19.4 Å². The molecule has 0 aromatic carbocycles. The average molecular weight is 347 g/mol. The van der Waals surface area contributed by atoms with Crippen molar-refractivity contribution in [2.75, 3.05) is 20.3 Å². The molecular formula is C18H25N3O4. The van der Waals surface area contributed by atoms with E-state index in [4.69, 9.17) is 9.47 Å². The lowest BCUT2D eigenvalue weighted by Crippen LogP contribution is -2.34. The highest BCUT2D eigenvalue weighted by Crippen LogP contribution is 2.18. The molecule has 1 amide bonds. The van der Waals surface area contributed by atoms with E-state index in [0.29, 0.717) is 13.2 Å². The molecule has 1 heterocycles. The van der Waals surface area contributed by atoms with Crippen molar-refractivity contribution in [3.05, 3.63) is 28.6 Å². The summed E-state index contributed by atoms with van der Waals surface area (Å²) in [5.74, 6) is -1.22. The Bertz CT molecular complexity index is 696. The Morgan fingerprint density at radius 1 is 1.40 bits per heavy atom. The summed E-state index contributed by atoms with van der Waals surface area (Å²) in [4.78, 5) is 23.5. The minimum Gasteiger partial charge on any atom is -0.451 e. The number of amides is 1. The van der Waals surface area contributed by atoms with E-state index in [-0.39, 0.29) is 11.6 Å². The molecule has 0 bridgehead atoms. The van der Waals surface area contributed by atoms with Gasteiger partial charge in [-0.3, -0.25) is 4.79 Å². The molecule has 136 valence electrons. The summed E-state index contributed by atoms with van der Waals surface area (Å²) in [6, 6.07) is 3.68. The third kappa shape index (κ3) is 6.08. The number of rotatable bonds is 8. The number of nitriles is 1. The minimum atomic E-state index is -0.817. The summed E-state index contributed by atoms with van der Waals surface area (Å²) in [5.41, 5.74) is 2.54. The van der Waals surface area contributed by atoms with Crippen LogP contribution in [0.3, 0.4) is 0 Å². The molecule has 0 aliphatic rings. The van der Waals surface area contributed by atoms with Crippen molar-refractivity contribution in [3.63, 3.8) is 0 Å². The molecule has 0 spiro atoms. The lowest BCUT2D eigenvalue weighted by atomic mass is 10.1. The van der Waals surface area contributed by atoms with Gasteiger partial charge in [0.05, 0.1) is 6.61 Å². The van der Waals surface area contributed by atoms with Crippen LogP contribution in [0, 0.1) is 25.2 Å². The Kier molecular flexibility index (Phi) is 7.89. The maximum absolute atomic E-state index is 12.0. The number of nitrogens with zero attached hydrogens (tertiary/aromatic N) is 2. The second kappa shape index (κ2) is 9.64. The molecule has 0 atom stereocenters. The average Bonchev–Trinajstić information content (AvgIpc) is 2.81. The normalized spacial score (nSPS) is 11.3. The predicted octanol–water partition coefficient (Wildman–Crippen LogP) is 1.73. The predicted molar refractivity (Wildman–Crippen MR) is 93.6 cm³/mol. The smallest absolute Gasteiger partial charge is 0.349 e. The van der Waals surface area contributed by atoms with Crippen LogP contribution in [0.1, 0.15) is 30.8 Å². The largest absolute Gasteiger partial charge is 0.451 e. The zero-order chi connectivity index (χ0) is 19.0. The highest BCUT2D eigenvalue weighted by atomic mass is 16.5. The number of hydrogen-bond donors (Lipinski definition) is 1. The molecule has 7 nitrogen and oxygen atoms in total. The lowest BCUT2D eigenvalue weighted by Gasteiger charge is -2.09. The van der Waals surface area contributed by atoms with Crippen LogP contribution in [-0.2, 0) is 25.6 Å². The molecule has 0 unspecified atom stereocenters. The molecule has 0 radical (unpaired) electrons. The Morgan fingerprint density at radius 3 is 2.64 bits per heavy atom. The van der Waals surface area contributed by atoms with E-state index in [2.05, 4.69) is 5.32 Å². The number of ether oxygens (including phenoxy) is 2. The van der Waals surface area contributed by atoms with E-state index in [1.54, 1.807) is 21.0 Å². The van der Waals surface area contributed by atoms with Crippen molar-refractivity contribution in [2.45, 2.75) is 40.3 Å². The summed E-state index contributed by atoms with van der Waals surface area (Å²) in [6.07, 6.45) is 1.48. The van der Waals surface area contributed by atoms with E-state index in [0.717, 1.165) is 17.0 Å². The van der Waals surface area contributed by atoms with Crippen molar-refractivity contribution in [2.24, 2.45) is 0 Å². The van der Waals surface area contributed by atoms with Crippen molar-refractivity contribution < 1.29 is 19.1 Å². The van der Waals surface area contributed by atoms with E-state index in [1.807, 2.05) is 30.6 Å². The summed E-state index contributed by atoms with van der Waals surface area (Å²) >= 11 is 0. The van der Waals surface area contributed by atoms with Gasteiger partial charge in [-0.25, -0.2) is 4.79 Å². The van der Waals surface area contributed by atoms with Crippen LogP contribution < -0.4 is 5.32 Å². The van der Waals surface area contributed by atoms with E-state index in [1.165, 1.54) is 6.08 Å². The number of aromatic nitrogens is 1. The Hall–Kier alpha value is -2.59. The SMILES string of the molecule is COCCn1c(C)cc(/C=C(\C#N)C(=O)OCC(=O)NC(C)C)c1C. The fourth-order valence-corrected chi connectivity index (χ4v) is 2.37. The third-order valence-corrected chi connectivity index (χ3v) is 3.56. The lowest BCUT2D eigenvalue weighted by molar-refractivity contribution is -0.144. The molecule has 1 N–H and O–H groups in total. The van der Waals surface area contributed by atoms with Crippen LogP contribution in [0.4, 0.5) is 0 Å². The third-order valence-electron chi connectivity index (χ3n) is 3.56. The van der Waals surface area contributed by atoms with Gasteiger partial charge in [0.15, 0.2) is 6.61 Å². The topological polar surface area (TPSA) is 93.3 Å². The summed E-state index contributed by atoms with van der Waals surface area (Å²) in [5, 5.41) is 11.8. The van der Waals surface area contributed by atoms with Crippen LogP contribution in [-0.4, -0.2) is 42.8 Å². The number of esters is 1. The number of methoxy groups -OCH3 is 1. The van der Waals surface area contributed by atoms with E-state index in [9.17, 15) is 14.9 Å². The van der Waals surface area contributed by atoms with Crippen molar-refractivity contribution in [1.82, 2.24) is 9.88 Å². The zero-order valence-electron chi connectivity index (χ0n) is 15.4. The number of aryl methyl sites for hydroxylation is 1. The van der Waals surface area contributed by atoms with Gasteiger partial charge in [0.2, 0.25) is 0 Å². The number of carbonyl (C=O) groups excluding carboxylic acids is 2. The molecule has 1 rings (SSSR count). The Balaban J connectivity index is 2.87. The first-order valence-corrected chi connectivity index (χ1v) is 8.04. The van der Waals surface area contributed by atoms with Gasteiger partial charge in [-0.2, -0.15) is 5.26 Å². The molecule has 0 fully saturated rings. The fourth-order valence-electron chi connectivity index (χ4n) is 2.37. The van der Waals surface area contributed by atoms with E-state index < -0.39 is 18.5 Å². The van der Waals surface area contributed by atoms with Gasteiger partial charge in [-0.1, -0.05) is 0 Å². The molecule has 1 aromatic heterocycles. The Morgan fingerprint density at radius 2 is 2.08 bits per heavy atom. The van der Waals surface area contributed by atoms with Crippen LogP contribution in [0.2, 0.25) is 0 Å². The molecular weight excluding hydrogens is 322 g/mol. The Labute approximate surface area is 148 Å². The van der Waals surface area contributed by atoms with Gasteiger partial charge in [0, 0.05) is 31.1 Å². The highest BCUT2D eigenvalue weighted by molar-refractivity contribution is 5.99. The first-order chi connectivity index (χ1) is 11.8. The maximum Gasteiger partial charge on any atom is 0.349 e. The second-order valence-electron chi connectivity index (χ2n) is 5.94. The number of hydrogen-bond acceptors (Lipinski definition) is 5. The van der Waals surface area contributed by atoms with Gasteiger partial charge in [-0.15, -0.1) is 0 Å². The molecule has 7 heteroatoms. The van der Waals surface area contributed by atoms with Gasteiger partial charge >= 0.3 is 5.97 Å². The van der Waals surface area contributed by atoms with Gasteiger partial charge in [-0.05, 0) is 45.4 Å². The molecule has 0 saturated carbocycles. The minimum absolute atomic E-state index is 0.0466. The number of nitrogens with one attached hydrogen (secondary N) is 1. The molecule has 25 heavy (non-hydrogen) atoms. The molecule has 1 aromatic rings. The first-order valence-electron chi connectivity index (χ1n) is 8.04. The maximum atomic E-state index is 12.0. The summed E-state index contributed by atoms with van der Waals surface area (Å²) < 4.78 is 12.0. The van der Waals surface area contributed by atoms with Gasteiger partial charge in [0.25, 0.3) is 5.91 Å². The molecule has 0 aliphatic heterocycles. The first kappa shape index (κ1) is 20.5. The summed E-state index contributed by atoms with van der Waals surface area (Å²) in [7, 11) is 1.63. The van der Waals surface area contributed by atoms with Crippen molar-refractivity contribution >= 4 is 18.0 Å². The fraction of sp³-hybridized carbons (Fsp3) is 0.500. The van der Waals surface area contributed by atoms with Crippen LogP contribution in [0.25, 0.3) is 6.08 Å². The highest BCUT2D eigenvalue weighted by Gasteiger charge is 2.15. The van der Waals surface area contributed by atoms with Crippen LogP contribution in [0.15, 0.2) is 11.6 Å².